The molecular weight excluding hydrogens is 384 g/mol. The van der Waals surface area contributed by atoms with Crippen LogP contribution in [0.3, 0.4) is 0 Å². The van der Waals surface area contributed by atoms with Crippen LogP contribution in [0.25, 0.3) is 11.0 Å². The molecule has 3 heterocycles. The average molecular weight is 410 g/mol. The summed E-state index contributed by atoms with van der Waals surface area (Å²) in [6.45, 7) is 5.37. The Morgan fingerprint density at radius 3 is 2.37 bits per heavy atom. The Morgan fingerprint density at radius 2 is 1.77 bits per heavy atom. The molecule has 1 saturated heterocycles. The van der Waals surface area contributed by atoms with E-state index in [0.717, 1.165) is 11.0 Å². The number of piperidine rings is 1. The molecule has 1 aliphatic rings. The zero-order chi connectivity index (χ0) is 21.3. The third kappa shape index (κ3) is 3.65. The molecule has 4 rings (SSSR count). The second kappa shape index (κ2) is 8.22. The van der Waals surface area contributed by atoms with Gasteiger partial charge in [0.1, 0.15) is 12.3 Å². The van der Waals surface area contributed by atoms with E-state index in [1.165, 1.54) is 10.8 Å². The molecule has 0 radical (unpaired) electrons. The quantitative estimate of drug-likeness (QED) is 0.698. The fourth-order valence-electron chi connectivity index (χ4n) is 4.15. The molecule has 30 heavy (non-hydrogen) atoms. The number of amides is 2. The predicted octanol–water partition coefficient (Wildman–Crippen LogP) is 2.15. The van der Waals surface area contributed by atoms with Crippen molar-refractivity contribution in [1.82, 2.24) is 19.4 Å². The topological polar surface area (TPSA) is 89.5 Å². The Hall–Kier alpha value is -3.29. The number of nitrogens with one attached hydrogen (secondary N) is 1. The van der Waals surface area contributed by atoms with Crippen molar-refractivity contribution in [3.63, 3.8) is 0 Å². The zero-order valence-electron chi connectivity index (χ0n) is 17.3. The first-order valence-electron chi connectivity index (χ1n) is 10.3. The van der Waals surface area contributed by atoms with E-state index in [0.29, 0.717) is 43.8 Å². The number of carbonyl (C=O) groups is 2. The summed E-state index contributed by atoms with van der Waals surface area (Å²) in [5, 5.41) is 3.03. The van der Waals surface area contributed by atoms with Crippen LogP contribution >= 0.6 is 0 Å². The summed E-state index contributed by atoms with van der Waals surface area (Å²) in [6, 6.07) is 9.18. The van der Waals surface area contributed by atoms with Gasteiger partial charge in [0.15, 0.2) is 0 Å². The highest BCUT2D eigenvalue weighted by Crippen LogP contribution is 2.17. The first-order valence-corrected chi connectivity index (χ1v) is 10.3. The number of benzene rings is 1. The number of imidazole rings is 1. The number of likely N-dealkylation sites (tertiary alicyclic amines) is 1. The first kappa shape index (κ1) is 20.0. The highest BCUT2D eigenvalue weighted by Gasteiger charge is 2.26. The van der Waals surface area contributed by atoms with Crippen LogP contribution in [0.2, 0.25) is 0 Å². The maximum atomic E-state index is 12.7. The van der Waals surface area contributed by atoms with Crippen LogP contribution < -0.4 is 11.0 Å². The molecule has 0 saturated carbocycles. The van der Waals surface area contributed by atoms with Gasteiger partial charge >= 0.3 is 5.69 Å². The van der Waals surface area contributed by atoms with Crippen LogP contribution in [0.15, 0.2) is 45.8 Å². The fraction of sp³-hybridized carbons (Fsp3) is 0.409. The smallest absolute Gasteiger partial charge is 0.329 e. The molecule has 2 amide bonds. The van der Waals surface area contributed by atoms with Gasteiger partial charge in [0.05, 0.1) is 22.9 Å². The fourth-order valence-corrected chi connectivity index (χ4v) is 4.15. The molecule has 0 bridgehead atoms. The van der Waals surface area contributed by atoms with Crippen molar-refractivity contribution >= 4 is 22.8 Å². The zero-order valence-corrected chi connectivity index (χ0v) is 17.3. The van der Waals surface area contributed by atoms with E-state index < -0.39 is 0 Å². The second-order valence-electron chi connectivity index (χ2n) is 7.63. The van der Waals surface area contributed by atoms with Crippen LogP contribution in [0, 0.1) is 6.92 Å². The third-order valence-corrected chi connectivity index (χ3v) is 5.78. The molecule has 1 aromatic carbocycles. The lowest BCUT2D eigenvalue weighted by atomic mass is 10.0. The number of nitrogens with zero attached hydrogens (tertiary/aromatic N) is 3. The summed E-state index contributed by atoms with van der Waals surface area (Å²) < 4.78 is 8.42. The van der Waals surface area contributed by atoms with Crippen molar-refractivity contribution in [2.75, 3.05) is 13.1 Å². The van der Waals surface area contributed by atoms with E-state index in [9.17, 15) is 14.4 Å². The molecule has 8 nitrogen and oxygen atoms in total. The molecule has 3 aromatic rings. The largest absolute Gasteiger partial charge is 0.469 e. The first-order chi connectivity index (χ1) is 14.5. The van der Waals surface area contributed by atoms with Crippen LogP contribution in [-0.2, 0) is 17.9 Å². The number of hydrogen-bond donors (Lipinski definition) is 1. The number of para-hydroxylation sites is 2. The summed E-state index contributed by atoms with van der Waals surface area (Å²) in [6.07, 6.45) is 2.88. The van der Waals surface area contributed by atoms with Gasteiger partial charge in [0.2, 0.25) is 5.91 Å². The van der Waals surface area contributed by atoms with Crippen molar-refractivity contribution in [1.29, 1.82) is 0 Å². The van der Waals surface area contributed by atoms with Gasteiger partial charge in [-0.25, -0.2) is 4.79 Å². The average Bonchev–Trinajstić information content (AvgIpc) is 3.29. The molecule has 0 atom stereocenters. The summed E-state index contributed by atoms with van der Waals surface area (Å²) in [5.74, 6) is 0.392. The van der Waals surface area contributed by atoms with E-state index in [2.05, 4.69) is 5.32 Å². The third-order valence-electron chi connectivity index (χ3n) is 5.78. The number of aromatic nitrogens is 2. The number of furan rings is 1. The summed E-state index contributed by atoms with van der Waals surface area (Å²) >= 11 is 0. The SMILES string of the molecule is CCn1c(=O)n(CC(=O)NC2CCN(C(=O)c3ccoc3C)CC2)c2ccccc21. The van der Waals surface area contributed by atoms with Gasteiger partial charge in [-0.3, -0.25) is 18.7 Å². The van der Waals surface area contributed by atoms with Gasteiger partial charge in [0.25, 0.3) is 5.91 Å². The van der Waals surface area contributed by atoms with Crippen molar-refractivity contribution in [2.45, 2.75) is 45.8 Å². The van der Waals surface area contributed by atoms with E-state index in [1.807, 2.05) is 31.2 Å². The Balaban J connectivity index is 1.38. The van der Waals surface area contributed by atoms with Crippen LogP contribution in [0.4, 0.5) is 0 Å². The lowest BCUT2D eigenvalue weighted by Gasteiger charge is -2.32. The second-order valence-corrected chi connectivity index (χ2v) is 7.63. The van der Waals surface area contributed by atoms with E-state index >= 15 is 0 Å². The summed E-state index contributed by atoms with van der Waals surface area (Å²) in [4.78, 5) is 39.7. The highest BCUT2D eigenvalue weighted by molar-refractivity contribution is 5.95. The number of rotatable bonds is 5. The lowest BCUT2D eigenvalue weighted by Crippen LogP contribution is -2.47. The van der Waals surface area contributed by atoms with Crippen LogP contribution in [-0.4, -0.2) is 45.0 Å². The minimum absolute atomic E-state index is 0.0118. The molecule has 1 fully saturated rings. The molecule has 8 heteroatoms. The summed E-state index contributed by atoms with van der Waals surface area (Å²) in [5.41, 5.74) is 2.00. The van der Waals surface area contributed by atoms with Crippen LogP contribution in [0.1, 0.15) is 35.9 Å². The van der Waals surface area contributed by atoms with Gasteiger partial charge in [-0.05, 0) is 44.9 Å². The number of aryl methyl sites for hydroxylation is 2. The molecule has 0 aliphatic carbocycles. The van der Waals surface area contributed by atoms with Crippen molar-refractivity contribution in [3.05, 3.63) is 58.4 Å². The normalized spacial score (nSPS) is 14.9. The molecule has 158 valence electrons. The van der Waals surface area contributed by atoms with Gasteiger partial charge in [0, 0.05) is 25.7 Å². The monoisotopic (exact) mass is 410 g/mol. The van der Waals surface area contributed by atoms with Gasteiger partial charge in [-0.1, -0.05) is 12.1 Å². The van der Waals surface area contributed by atoms with Crippen LogP contribution in [0.5, 0.6) is 0 Å². The minimum atomic E-state index is -0.188. The van der Waals surface area contributed by atoms with Crippen molar-refractivity contribution in [2.24, 2.45) is 0 Å². The van der Waals surface area contributed by atoms with E-state index in [-0.39, 0.29) is 30.1 Å². The molecule has 0 unspecified atom stereocenters. The maximum Gasteiger partial charge on any atom is 0.329 e. The van der Waals surface area contributed by atoms with Crippen molar-refractivity contribution in [3.8, 4) is 0 Å². The minimum Gasteiger partial charge on any atom is -0.469 e. The number of hydrogen-bond acceptors (Lipinski definition) is 4. The molecule has 1 aliphatic heterocycles. The number of carbonyl (C=O) groups excluding carboxylic acids is 2. The van der Waals surface area contributed by atoms with Crippen molar-refractivity contribution < 1.29 is 14.0 Å². The Labute approximate surface area is 174 Å². The van der Waals surface area contributed by atoms with Gasteiger partial charge in [-0.2, -0.15) is 0 Å². The van der Waals surface area contributed by atoms with Gasteiger partial charge in [-0.15, -0.1) is 0 Å². The Bertz CT molecular complexity index is 1130. The molecule has 0 spiro atoms. The maximum absolute atomic E-state index is 12.7. The van der Waals surface area contributed by atoms with E-state index in [4.69, 9.17) is 4.42 Å². The Kier molecular flexibility index (Phi) is 5.48. The highest BCUT2D eigenvalue weighted by atomic mass is 16.3. The standard InChI is InChI=1S/C22H26N4O4/c1-3-25-18-6-4-5-7-19(18)26(22(25)29)14-20(27)23-16-8-11-24(12-9-16)21(28)17-10-13-30-15(17)2/h4-7,10,13,16H,3,8-9,11-12,14H2,1-2H3,(H,23,27). The molecular formula is C22H26N4O4. The lowest BCUT2D eigenvalue weighted by molar-refractivity contribution is -0.122. The number of fused-ring (bicyclic) bond motifs is 1. The molecule has 1 N–H and O–H groups in total. The predicted molar refractivity (Wildman–Crippen MR) is 112 cm³/mol. The van der Waals surface area contributed by atoms with Gasteiger partial charge < -0.3 is 14.6 Å². The Morgan fingerprint density at radius 1 is 1.10 bits per heavy atom. The summed E-state index contributed by atoms with van der Waals surface area (Å²) in [7, 11) is 0. The molecule has 2 aromatic heterocycles. The van der Waals surface area contributed by atoms with E-state index in [1.54, 1.807) is 22.5 Å².